The molecule has 0 aliphatic heterocycles. The van der Waals surface area contributed by atoms with E-state index in [0.29, 0.717) is 0 Å². The summed E-state index contributed by atoms with van der Waals surface area (Å²) < 4.78 is 38.6. The van der Waals surface area contributed by atoms with Crippen molar-refractivity contribution in [3.05, 3.63) is 18.0 Å². The molecule has 1 heterocycles. The zero-order valence-corrected chi connectivity index (χ0v) is 7.82. The lowest BCUT2D eigenvalue weighted by atomic mass is 9.98. The third kappa shape index (κ3) is 2.97. The molecule has 15 heavy (non-hydrogen) atoms. The number of aryl methyl sites for hydroxylation is 1. The Labute approximate surface area is 83.3 Å². The van der Waals surface area contributed by atoms with Gasteiger partial charge in [-0.3, -0.25) is 9.48 Å². The first kappa shape index (κ1) is 11.5. The maximum absolute atomic E-state index is 12.5. The Morgan fingerprint density at radius 2 is 2.27 bits per heavy atom. The van der Waals surface area contributed by atoms with Crippen LogP contribution >= 0.6 is 0 Å². The fourth-order valence-electron chi connectivity index (χ4n) is 1.22. The number of alkyl halides is 3. The highest BCUT2D eigenvalue weighted by atomic mass is 19.4. The van der Waals surface area contributed by atoms with Gasteiger partial charge in [0, 0.05) is 18.8 Å². The van der Waals surface area contributed by atoms with Crippen LogP contribution in [0.3, 0.4) is 0 Å². The van der Waals surface area contributed by atoms with E-state index < -0.39 is 24.5 Å². The van der Waals surface area contributed by atoms with E-state index in [2.05, 4.69) is 5.10 Å². The van der Waals surface area contributed by atoms with Crippen molar-refractivity contribution in [3.63, 3.8) is 0 Å². The molecule has 0 radical (unpaired) electrons. The van der Waals surface area contributed by atoms with Crippen LogP contribution in [-0.4, -0.2) is 27.0 Å². The predicted molar refractivity (Wildman–Crippen MR) is 44.3 cm³/mol. The molecule has 0 fully saturated rings. The summed E-state index contributed by atoms with van der Waals surface area (Å²) in [5.41, 5.74) is -0.132. The summed E-state index contributed by atoms with van der Waals surface area (Å²) in [5, 5.41) is 12.0. The fraction of sp³-hybridized carbons (Fsp3) is 0.500. The van der Waals surface area contributed by atoms with Gasteiger partial charge in [0.2, 0.25) is 0 Å². The first-order chi connectivity index (χ1) is 6.80. The van der Waals surface area contributed by atoms with Crippen LogP contribution in [0.4, 0.5) is 13.2 Å². The van der Waals surface area contributed by atoms with Gasteiger partial charge in [0.25, 0.3) is 0 Å². The molecule has 0 aromatic carbocycles. The molecule has 84 valence electrons. The van der Waals surface area contributed by atoms with Crippen molar-refractivity contribution < 1.29 is 23.1 Å². The van der Waals surface area contributed by atoms with Crippen molar-refractivity contribution in [2.24, 2.45) is 7.05 Å². The Balaban J connectivity index is 2.96. The summed E-state index contributed by atoms with van der Waals surface area (Å²) in [6, 6.07) is 0. The minimum atomic E-state index is -4.57. The Morgan fingerprint density at radius 1 is 1.67 bits per heavy atom. The highest BCUT2D eigenvalue weighted by molar-refractivity contribution is 5.68. The van der Waals surface area contributed by atoms with Crippen LogP contribution in [0.2, 0.25) is 0 Å². The van der Waals surface area contributed by atoms with Gasteiger partial charge >= 0.3 is 12.1 Å². The number of hydrogen-bond donors (Lipinski definition) is 1. The maximum Gasteiger partial charge on any atom is 0.396 e. The van der Waals surface area contributed by atoms with E-state index in [1.807, 2.05) is 0 Å². The summed E-state index contributed by atoms with van der Waals surface area (Å²) in [5.74, 6) is -3.48. The third-order valence-electron chi connectivity index (χ3n) is 1.90. The second-order valence-corrected chi connectivity index (χ2v) is 3.14. The molecule has 0 amide bonds. The summed E-state index contributed by atoms with van der Waals surface area (Å²) in [6.07, 6.45) is -3.35. The van der Waals surface area contributed by atoms with E-state index in [9.17, 15) is 18.0 Å². The van der Waals surface area contributed by atoms with Crippen LogP contribution in [0.25, 0.3) is 0 Å². The Kier molecular flexibility index (Phi) is 3.01. The zero-order valence-electron chi connectivity index (χ0n) is 7.82. The summed E-state index contributed by atoms with van der Waals surface area (Å²) in [4.78, 5) is 10.3. The quantitative estimate of drug-likeness (QED) is 0.843. The van der Waals surface area contributed by atoms with Crippen LogP contribution in [0.1, 0.15) is 17.9 Å². The number of carboxylic acids is 1. The summed E-state index contributed by atoms with van der Waals surface area (Å²) >= 11 is 0. The molecule has 0 spiro atoms. The van der Waals surface area contributed by atoms with E-state index in [4.69, 9.17) is 5.11 Å². The third-order valence-corrected chi connectivity index (χ3v) is 1.90. The lowest BCUT2D eigenvalue weighted by molar-refractivity contribution is -0.163. The average Bonchev–Trinajstić information content (AvgIpc) is 2.45. The molecule has 0 saturated carbocycles. The fourth-order valence-corrected chi connectivity index (χ4v) is 1.22. The van der Waals surface area contributed by atoms with Crippen molar-refractivity contribution in [2.75, 3.05) is 0 Å². The van der Waals surface area contributed by atoms with Crippen LogP contribution < -0.4 is 0 Å². The molecule has 0 bridgehead atoms. The number of rotatable bonds is 3. The number of nitrogens with zero attached hydrogens (tertiary/aromatic N) is 2. The number of aliphatic carboxylic acids is 1. The van der Waals surface area contributed by atoms with Crippen molar-refractivity contribution in [3.8, 4) is 0 Å². The summed E-state index contributed by atoms with van der Waals surface area (Å²) in [6.45, 7) is 0. The number of aromatic nitrogens is 2. The van der Waals surface area contributed by atoms with Crippen LogP contribution in [-0.2, 0) is 11.8 Å². The van der Waals surface area contributed by atoms with Gasteiger partial charge in [-0.15, -0.1) is 0 Å². The van der Waals surface area contributed by atoms with Gasteiger partial charge < -0.3 is 5.11 Å². The second kappa shape index (κ2) is 3.92. The molecule has 4 nitrogen and oxygen atoms in total. The maximum atomic E-state index is 12.5. The standard InChI is InChI=1S/C8H9F3N2O2/c1-13-4-5(3-12-13)6(2-7(14)15)8(9,10)11/h3-4,6H,2H2,1H3,(H,14,15). The first-order valence-corrected chi connectivity index (χ1v) is 4.07. The number of halogens is 3. The molecule has 1 aromatic rings. The van der Waals surface area contributed by atoms with Gasteiger partial charge in [-0.05, 0) is 0 Å². The van der Waals surface area contributed by atoms with Crippen LogP contribution in [0.15, 0.2) is 12.4 Å². The van der Waals surface area contributed by atoms with Crippen molar-refractivity contribution in [1.29, 1.82) is 0 Å². The summed E-state index contributed by atoms with van der Waals surface area (Å²) in [7, 11) is 1.47. The van der Waals surface area contributed by atoms with E-state index in [1.165, 1.54) is 17.9 Å². The Morgan fingerprint density at radius 3 is 2.60 bits per heavy atom. The lowest BCUT2D eigenvalue weighted by Gasteiger charge is -2.16. The van der Waals surface area contributed by atoms with E-state index in [-0.39, 0.29) is 5.56 Å². The molecule has 0 aliphatic rings. The highest BCUT2D eigenvalue weighted by Crippen LogP contribution is 2.36. The minimum absolute atomic E-state index is 0.132. The van der Waals surface area contributed by atoms with Gasteiger partial charge in [-0.1, -0.05) is 0 Å². The number of carboxylic acid groups (broad SMARTS) is 1. The predicted octanol–water partition coefficient (Wildman–Crippen LogP) is 1.54. The van der Waals surface area contributed by atoms with Crippen LogP contribution in [0, 0.1) is 0 Å². The number of hydrogen-bond acceptors (Lipinski definition) is 2. The van der Waals surface area contributed by atoms with Crippen LogP contribution in [0.5, 0.6) is 0 Å². The van der Waals surface area contributed by atoms with E-state index in [1.54, 1.807) is 0 Å². The average molecular weight is 222 g/mol. The monoisotopic (exact) mass is 222 g/mol. The molecular formula is C8H9F3N2O2. The molecular weight excluding hydrogens is 213 g/mol. The Hall–Kier alpha value is -1.53. The highest BCUT2D eigenvalue weighted by Gasteiger charge is 2.42. The minimum Gasteiger partial charge on any atom is -0.481 e. The molecule has 1 rings (SSSR count). The molecule has 1 unspecified atom stereocenters. The molecule has 0 saturated heterocycles. The largest absolute Gasteiger partial charge is 0.481 e. The van der Waals surface area contributed by atoms with Gasteiger partial charge in [0.1, 0.15) is 0 Å². The van der Waals surface area contributed by atoms with E-state index >= 15 is 0 Å². The van der Waals surface area contributed by atoms with Crippen molar-refractivity contribution in [2.45, 2.75) is 18.5 Å². The molecule has 7 heteroatoms. The van der Waals surface area contributed by atoms with E-state index in [0.717, 1.165) is 6.20 Å². The van der Waals surface area contributed by atoms with Gasteiger partial charge in [-0.25, -0.2) is 0 Å². The van der Waals surface area contributed by atoms with Gasteiger partial charge in [0.15, 0.2) is 0 Å². The van der Waals surface area contributed by atoms with Crippen molar-refractivity contribution >= 4 is 5.97 Å². The Bertz CT molecular complexity index is 359. The molecule has 0 aliphatic carbocycles. The normalized spacial score (nSPS) is 13.9. The zero-order chi connectivity index (χ0) is 11.6. The molecule has 1 aromatic heterocycles. The second-order valence-electron chi connectivity index (χ2n) is 3.14. The van der Waals surface area contributed by atoms with Gasteiger partial charge in [0.05, 0.1) is 18.5 Å². The number of carbonyl (C=O) groups is 1. The van der Waals surface area contributed by atoms with Crippen molar-refractivity contribution in [1.82, 2.24) is 9.78 Å². The molecule has 1 N–H and O–H groups in total. The smallest absolute Gasteiger partial charge is 0.396 e. The topological polar surface area (TPSA) is 55.1 Å². The molecule has 1 atom stereocenters. The first-order valence-electron chi connectivity index (χ1n) is 4.07. The SMILES string of the molecule is Cn1cc(C(CC(=O)O)C(F)(F)F)cn1. The lowest BCUT2D eigenvalue weighted by Crippen LogP contribution is -2.23. The van der Waals surface area contributed by atoms with Gasteiger partial charge in [-0.2, -0.15) is 18.3 Å².